The standard InChI is InChI=1S/C28H31N9O2/c1-35-12-14-36(15-13-35)26(39)19-7-4-8-21(16-19)32-28-34-27-31-23-10-5-9-22(17-23)30-24(38)11-3-2-6-20-18-29-37(28)25(20)33-27/h4-5,7-10,16-18H,2-3,6,11-15H2,1H3,(H,30,38)(H2,31,32,33,34). The minimum absolute atomic E-state index is 0.000968. The highest BCUT2D eigenvalue weighted by atomic mass is 16.2. The molecule has 39 heavy (non-hydrogen) atoms. The maximum atomic E-state index is 13.2. The van der Waals surface area contributed by atoms with Gasteiger partial charge in [-0.15, -0.1) is 0 Å². The number of hydrogen-bond donors (Lipinski definition) is 3. The molecule has 0 atom stereocenters. The van der Waals surface area contributed by atoms with Gasteiger partial charge in [-0.1, -0.05) is 12.1 Å². The van der Waals surface area contributed by atoms with Gasteiger partial charge >= 0.3 is 0 Å². The predicted octanol–water partition coefficient (Wildman–Crippen LogP) is 3.66. The van der Waals surface area contributed by atoms with E-state index in [1.807, 2.05) is 53.4 Å². The van der Waals surface area contributed by atoms with Crippen molar-refractivity contribution in [1.29, 1.82) is 0 Å². The molecule has 2 amide bonds. The number of piperazine rings is 1. The third-order valence-electron chi connectivity index (χ3n) is 7.10. The summed E-state index contributed by atoms with van der Waals surface area (Å²) in [4.78, 5) is 39.1. The van der Waals surface area contributed by atoms with E-state index in [2.05, 4.69) is 33.0 Å². The van der Waals surface area contributed by atoms with Gasteiger partial charge in [-0.25, -0.2) is 0 Å². The Balaban J connectivity index is 1.32. The Hall–Kier alpha value is -4.51. The van der Waals surface area contributed by atoms with Crippen LogP contribution in [0.15, 0.2) is 54.7 Å². The van der Waals surface area contributed by atoms with E-state index < -0.39 is 0 Å². The summed E-state index contributed by atoms with van der Waals surface area (Å²) < 4.78 is 1.68. The van der Waals surface area contributed by atoms with Crippen molar-refractivity contribution in [3.8, 4) is 0 Å². The summed E-state index contributed by atoms with van der Waals surface area (Å²) in [5.74, 6) is 0.905. The smallest absolute Gasteiger partial charge is 0.254 e. The van der Waals surface area contributed by atoms with Gasteiger partial charge in [0.2, 0.25) is 17.8 Å². The molecule has 0 saturated carbocycles. The van der Waals surface area contributed by atoms with Crippen LogP contribution in [0.25, 0.3) is 5.65 Å². The molecule has 4 heterocycles. The van der Waals surface area contributed by atoms with E-state index in [0.29, 0.717) is 35.2 Å². The van der Waals surface area contributed by atoms with Crippen molar-refractivity contribution in [3.63, 3.8) is 0 Å². The van der Waals surface area contributed by atoms with Crippen molar-refractivity contribution in [1.82, 2.24) is 29.4 Å². The highest BCUT2D eigenvalue weighted by molar-refractivity contribution is 5.95. The normalized spacial score (nSPS) is 16.4. The highest BCUT2D eigenvalue weighted by Gasteiger charge is 2.21. The number of rotatable bonds is 3. The van der Waals surface area contributed by atoms with E-state index in [1.54, 1.807) is 10.7 Å². The Bertz CT molecular complexity index is 1520. The zero-order chi connectivity index (χ0) is 26.8. The van der Waals surface area contributed by atoms with Crippen LogP contribution >= 0.6 is 0 Å². The second-order valence-corrected chi connectivity index (χ2v) is 10.0. The summed E-state index contributed by atoms with van der Waals surface area (Å²) >= 11 is 0. The minimum atomic E-state index is -0.000968. The topological polar surface area (TPSA) is 120 Å². The molecule has 3 N–H and O–H groups in total. The molecule has 2 aliphatic heterocycles. The lowest BCUT2D eigenvalue weighted by atomic mass is 10.1. The third kappa shape index (κ3) is 5.53. The number of amides is 2. The van der Waals surface area contributed by atoms with E-state index in [0.717, 1.165) is 62.4 Å². The lowest BCUT2D eigenvalue weighted by molar-refractivity contribution is -0.116. The number of aryl methyl sites for hydroxylation is 1. The Kier molecular flexibility index (Phi) is 6.80. The van der Waals surface area contributed by atoms with E-state index in [4.69, 9.17) is 9.97 Å². The molecule has 200 valence electrons. The molecule has 1 saturated heterocycles. The van der Waals surface area contributed by atoms with Gasteiger partial charge in [0.25, 0.3) is 5.91 Å². The second-order valence-electron chi connectivity index (χ2n) is 10.0. The first-order valence-corrected chi connectivity index (χ1v) is 13.3. The molecule has 4 bridgehead atoms. The lowest BCUT2D eigenvalue weighted by Crippen LogP contribution is -2.47. The van der Waals surface area contributed by atoms with Gasteiger partial charge < -0.3 is 25.8 Å². The average molecular weight is 526 g/mol. The molecule has 0 spiro atoms. The second kappa shape index (κ2) is 10.7. The quantitative estimate of drug-likeness (QED) is 0.371. The maximum absolute atomic E-state index is 13.2. The monoisotopic (exact) mass is 525 g/mol. The van der Waals surface area contributed by atoms with Crippen LogP contribution in [0.1, 0.15) is 35.2 Å². The van der Waals surface area contributed by atoms with E-state index >= 15 is 0 Å². The van der Waals surface area contributed by atoms with Crippen LogP contribution in [-0.2, 0) is 11.2 Å². The third-order valence-corrected chi connectivity index (χ3v) is 7.10. The van der Waals surface area contributed by atoms with Gasteiger partial charge in [-0.2, -0.15) is 19.6 Å². The largest absolute Gasteiger partial charge is 0.336 e. The number of aromatic nitrogens is 4. The van der Waals surface area contributed by atoms with E-state index in [9.17, 15) is 9.59 Å². The van der Waals surface area contributed by atoms with Crippen LogP contribution in [-0.4, -0.2) is 74.4 Å². The molecule has 1 fully saturated rings. The summed E-state index contributed by atoms with van der Waals surface area (Å²) in [6.45, 7) is 3.18. The Morgan fingerprint density at radius 1 is 0.923 bits per heavy atom. The lowest BCUT2D eigenvalue weighted by Gasteiger charge is -2.32. The summed E-state index contributed by atoms with van der Waals surface area (Å²) in [7, 11) is 2.07. The molecule has 6 rings (SSSR count). The average Bonchev–Trinajstić information content (AvgIpc) is 3.34. The molecule has 2 aliphatic rings. The number of likely N-dealkylation sites (N-methyl/N-ethyl adjacent to an activating group) is 1. The molecular formula is C28H31N9O2. The molecule has 11 heteroatoms. The number of nitrogens with zero attached hydrogens (tertiary/aromatic N) is 6. The predicted molar refractivity (Wildman–Crippen MR) is 150 cm³/mol. The van der Waals surface area contributed by atoms with Gasteiger partial charge in [0.05, 0.1) is 6.20 Å². The molecule has 11 nitrogen and oxygen atoms in total. The summed E-state index contributed by atoms with van der Waals surface area (Å²) in [5, 5.41) is 14.2. The highest BCUT2D eigenvalue weighted by Crippen LogP contribution is 2.25. The van der Waals surface area contributed by atoms with Crippen LogP contribution < -0.4 is 16.0 Å². The first kappa shape index (κ1) is 24.8. The van der Waals surface area contributed by atoms with Crippen LogP contribution in [0.2, 0.25) is 0 Å². The first-order chi connectivity index (χ1) is 19.0. The van der Waals surface area contributed by atoms with E-state index in [-0.39, 0.29) is 11.8 Å². The van der Waals surface area contributed by atoms with Crippen LogP contribution in [0.4, 0.5) is 29.0 Å². The van der Waals surface area contributed by atoms with Crippen molar-refractivity contribution >= 4 is 46.4 Å². The molecule has 4 aromatic rings. The van der Waals surface area contributed by atoms with E-state index in [1.165, 1.54) is 0 Å². The van der Waals surface area contributed by atoms with Crippen molar-refractivity contribution < 1.29 is 9.59 Å². The van der Waals surface area contributed by atoms with Crippen molar-refractivity contribution in [2.75, 3.05) is 49.2 Å². The zero-order valence-corrected chi connectivity index (χ0v) is 21.9. The summed E-state index contributed by atoms with van der Waals surface area (Å²) in [5.41, 5.74) is 4.50. The fraction of sp³-hybridized carbons (Fsp3) is 0.321. The zero-order valence-electron chi connectivity index (χ0n) is 21.9. The van der Waals surface area contributed by atoms with Crippen molar-refractivity contribution in [2.24, 2.45) is 0 Å². The molecule has 2 aromatic heterocycles. The number of anilines is 5. The molecule has 0 aliphatic carbocycles. The van der Waals surface area contributed by atoms with Gasteiger partial charge in [0, 0.05) is 60.8 Å². The molecule has 0 unspecified atom stereocenters. The summed E-state index contributed by atoms with van der Waals surface area (Å²) in [6, 6.07) is 15.0. The Labute approximate surface area is 226 Å². The van der Waals surface area contributed by atoms with Gasteiger partial charge in [-0.3, -0.25) is 9.59 Å². The van der Waals surface area contributed by atoms with Crippen molar-refractivity contribution in [2.45, 2.75) is 25.7 Å². The Morgan fingerprint density at radius 3 is 2.54 bits per heavy atom. The summed E-state index contributed by atoms with van der Waals surface area (Å²) in [6.07, 6.45) is 4.60. The molecule has 0 radical (unpaired) electrons. The number of carbonyl (C=O) groups is 2. The van der Waals surface area contributed by atoms with Crippen LogP contribution in [0, 0.1) is 0 Å². The number of nitrogens with one attached hydrogen (secondary N) is 3. The van der Waals surface area contributed by atoms with Crippen LogP contribution in [0.3, 0.4) is 0 Å². The maximum Gasteiger partial charge on any atom is 0.254 e. The first-order valence-electron chi connectivity index (χ1n) is 13.3. The van der Waals surface area contributed by atoms with Crippen molar-refractivity contribution in [3.05, 3.63) is 65.9 Å². The van der Waals surface area contributed by atoms with Crippen LogP contribution in [0.5, 0.6) is 0 Å². The van der Waals surface area contributed by atoms with Gasteiger partial charge in [0.15, 0.2) is 5.65 Å². The molecule has 2 aromatic carbocycles. The van der Waals surface area contributed by atoms with Gasteiger partial charge in [0.1, 0.15) is 0 Å². The number of benzene rings is 2. The SMILES string of the molecule is CN1CCN(C(=O)c2cccc(Nc3nc4nc5c(cnn35)CCCCC(=O)Nc3cccc(c3)N4)c2)CC1. The Morgan fingerprint density at radius 2 is 1.69 bits per heavy atom. The fourth-order valence-corrected chi connectivity index (χ4v) is 4.92. The number of hydrogen-bond acceptors (Lipinski definition) is 8. The number of fused-ring (bicyclic) bond motifs is 3. The fourth-order valence-electron chi connectivity index (χ4n) is 4.92. The number of carbonyl (C=O) groups excluding carboxylic acids is 2. The minimum Gasteiger partial charge on any atom is -0.336 e. The molecular weight excluding hydrogens is 494 g/mol. The van der Waals surface area contributed by atoms with Gasteiger partial charge in [-0.05, 0) is 62.7 Å².